The molecular formula is C28H30N6O4S. The normalized spacial score (nSPS) is 16.3. The summed E-state index contributed by atoms with van der Waals surface area (Å²) in [6, 6.07) is 15.0. The van der Waals surface area contributed by atoms with E-state index in [0.29, 0.717) is 37.6 Å². The first kappa shape index (κ1) is 25.5. The van der Waals surface area contributed by atoms with Gasteiger partial charge in [-0.15, -0.1) is 16.4 Å². The first-order valence-electron chi connectivity index (χ1n) is 13.1. The van der Waals surface area contributed by atoms with Crippen LogP contribution in [0.5, 0.6) is 5.75 Å². The zero-order chi connectivity index (χ0) is 26.6. The zero-order valence-corrected chi connectivity index (χ0v) is 22.5. The third-order valence-corrected chi connectivity index (χ3v) is 7.76. The second-order valence-electron chi connectivity index (χ2n) is 9.56. The van der Waals surface area contributed by atoms with Crippen LogP contribution in [0.15, 0.2) is 69.4 Å². The van der Waals surface area contributed by atoms with Gasteiger partial charge in [0.1, 0.15) is 17.6 Å². The third-order valence-electron chi connectivity index (χ3n) is 6.90. The molecule has 1 aliphatic rings. The minimum Gasteiger partial charge on any atom is -0.494 e. The van der Waals surface area contributed by atoms with Crippen molar-refractivity contribution in [3.63, 3.8) is 0 Å². The molecule has 1 N–H and O–H groups in total. The number of H-pyrrole nitrogens is 1. The predicted octanol–water partition coefficient (Wildman–Crippen LogP) is 4.54. The van der Waals surface area contributed by atoms with Crippen molar-refractivity contribution in [1.82, 2.24) is 30.1 Å². The van der Waals surface area contributed by atoms with Gasteiger partial charge in [-0.05, 0) is 78.0 Å². The minimum atomic E-state index is -0.558. The Morgan fingerprint density at radius 2 is 2.18 bits per heavy atom. The van der Waals surface area contributed by atoms with Crippen molar-refractivity contribution in [3.05, 3.63) is 92.6 Å². The van der Waals surface area contributed by atoms with Crippen molar-refractivity contribution in [3.8, 4) is 5.75 Å². The number of hydrogen-bond acceptors (Lipinski definition) is 9. The number of nitrogens with zero attached hydrogens (tertiary/aromatic N) is 5. The Bertz CT molecular complexity index is 1520. The van der Waals surface area contributed by atoms with E-state index in [1.54, 1.807) is 22.3 Å². The summed E-state index contributed by atoms with van der Waals surface area (Å²) >= 11 is 1.67. The molecule has 11 heteroatoms. The van der Waals surface area contributed by atoms with Gasteiger partial charge in [-0.25, -0.2) is 4.68 Å². The zero-order valence-electron chi connectivity index (χ0n) is 21.7. The molecule has 202 valence electrons. The van der Waals surface area contributed by atoms with E-state index in [9.17, 15) is 4.79 Å². The van der Waals surface area contributed by atoms with E-state index in [1.165, 1.54) is 0 Å². The SMILES string of the molecule is CCOc1ccc2[nH]c(=O)c([C@H](c3nnnn3C[C@H]3CCCO3)N(Cc3ccco3)Cc3cccs3)cc2c1. The minimum absolute atomic E-state index is 0.0346. The Morgan fingerprint density at radius 1 is 1.23 bits per heavy atom. The van der Waals surface area contributed by atoms with E-state index >= 15 is 0 Å². The molecule has 5 heterocycles. The van der Waals surface area contributed by atoms with Gasteiger partial charge >= 0.3 is 0 Å². The van der Waals surface area contributed by atoms with Gasteiger partial charge in [0.15, 0.2) is 5.82 Å². The highest BCUT2D eigenvalue weighted by molar-refractivity contribution is 7.09. The Kier molecular flexibility index (Phi) is 7.53. The monoisotopic (exact) mass is 546 g/mol. The van der Waals surface area contributed by atoms with Gasteiger partial charge in [0.05, 0.1) is 32.1 Å². The Hall–Kier alpha value is -3.80. The fourth-order valence-corrected chi connectivity index (χ4v) is 5.85. The molecule has 0 unspecified atom stereocenters. The van der Waals surface area contributed by atoms with Gasteiger partial charge in [0.25, 0.3) is 5.56 Å². The molecule has 1 aliphatic heterocycles. The molecule has 2 atom stereocenters. The predicted molar refractivity (Wildman–Crippen MR) is 147 cm³/mol. The molecule has 5 aromatic rings. The standard InChI is InChI=1S/C28H30N6O4S/c1-2-36-20-9-10-25-19(14-20)15-24(28(35)29-25)26(27-30-31-32-34(27)17-22-7-4-12-38-22)33(16-21-6-3-11-37-21)18-23-8-5-13-39-23/h3,5-6,8-11,13-15,22,26H,2,4,7,12,16-18H2,1H3,(H,29,35)/t22-,26-/m1/s1. The van der Waals surface area contributed by atoms with Crippen LogP contribution in [0, 0.1) is 0 Å². The maximum atomic E-state index is 13.7. The van der Waals surface area contributed by atoms with Gasteiger partial charge < -0.3 is 18.9 Å². The van der Waals surface area contributed by atoms with Crippen LogP contribution in [0.2, 0.25) is 0 Å². The van der Waals surface area contributed by atoms with Crippen molar-refractivity contribution in [2.24, 2.45) is 0 Å². The number of rotatable bonds is 11. The van der Waals surface area contributed by atoms with Crippen LogP contribution in [-0.2, 0) is 24.4 Å². The summed E-state index contributed by atoms with van der Waals surface area (Å²) in [5, 5.41) is 15.8. The molecule has 0 amide bonds. The number of furan rings is 1. The van der Waals surface area contributed by atoms with E-state index in [-0.39, 0.29) is 11.7 Å². The van der Waals surface area contributed by atoms with E-state index in [2.05, 4.69) is 36.9 Å². The number of pyridine rings is 1. The summed E-state index contributed by atoms with van der Waals surface area (Å²) in [6.07, 6.45) is 3.66. The maximum absolute atomic E-state index is 13.7. The maximum Gasteiger partial charge on any atom is 0.253 e. The van der Waals surface area contributed by atoms with Crippen LogP contribution in [-0.4, -0.2) is 49.4 Å². The quantitative estimate of drug-likeness (QED) is 0.257. The number of hydrogen-bond donors (Lipinski definition) is 1. The second-order valence-corrected chi connectivity index (χ2v) is 10.6. The lowest BCUT2D eigenvalue weighted by Crippen LogP contribution is -2.35. The summed E-state index contributed by atoms with van der Waals surface area (Å²) in [7, 11) is 0. The molecule has 0 aliphatic carbocycles. The highest BCUT2D eigenvalue weighted by Gasteiger charge is 2.32. The van der Waals surface area contributed by atoms with Crippen molar-refractivity contribution in [2.75, 3.05) is 13.2 Å². The molecule has 1 fully saturated rings. The molecule has 6 rings (SSSR count). The average molecular weight is 547 g/mol. The summed E-state index contributed by atoms with van der Waals surface area (Å²) in [6.45, 7) is 4.79. The van der Waals surface area contributed by atoms with Crippen LogP contribution in [0.3, 0.4) is 0 Å². The second kappa shape index (κ2) is 11.5. The molecular weight excluding hydrogens is 516 g/mol. The smallest absolute Gasteiger partial charge is 0.253 e. The Morgan fingerprint density at radius 3 is 2.95 bits per heavy atom. The topological polar surface area (TPSA) is 111 Å². The van der Waals surface area contributed by atoms with Crippen LogP contribution in [0.1, 0.15) is 47.8 Å². The average Bonchev–Trinajstić information content (AvgIpc) is 3.75. The number of aromatic nitrogens is 5. The van der Waals surface area contributed by atoms with E-state index in [4.69, 9.17) is 13.9 Å². The van der Waals surface area contributed by atoms with Crippen LogP contribution < -0.4 is 10.3 Å². The number of ether oxygens (including phenoxy) is 2. The summed E-state index contributed by atoms with van der Waals surface area (Å²) in [5.41, 5.74) is 1.09. The van der Waals surface area contributed by atoms with Gasteiger partial charge in [0.2, 0.25) is 0 Å². The van der Waals surface area contributed by atoms with Crippen molar-refractivity contribution in [2.45, 2.75) is 51.5 Å². The molecule has 4 aromatic heterocycles. The van der Waals surface area contributed by atoms with Gasteiger partial charge in [-0.3, -0.25) is 9.69 Å². The molecule has 1 aromatic carbocycles. The van der Waals surface area contributed by atoms with Crippen LogP contribution in [0.4, 0.5) is 0 Å². The highest BCUT2D eigenvalue weighted by Crippen LogP contribution is 2.32. The van der Waals surface area contributed by atoms with E-state index < -0.39 is 6.04 Å². The van der Waals surface area contributed by atoms with E-state index in [1.807, 2.05) is 49.4 Å². The Balaban J connectivity index is 1.49. The number of benzene rings is 1. The number of fused-ring (bicyclic) bond motifs is 1. The lowest BCUT2D eigenvalue weighted by Gasteiger charge is -2.30. The third kappa shape index (κ3) is 5.65. The van der Waals surface area contributed by atoms with Crippen LogP contribution in [0.25, 0.3) is 10.9 Å². The molecule has 0 saturated carbocycles. The number of aromatic amines is 1. The molecule has 0 radical (unpaired) electrons. The van der Waals surface area contributed by atoms with Crippen molar-refractivity contribution in [1.29, 1.82) is 0 Å². The molecule has 0 bridgehead atoms. The summed E-state index contributed by atoms with van der Waals surface area (Å²) in [4.78, 5) is 20.1. The first-order valence-corrected chi connectivity index (χ1v) is 14.0. The largest absolute Gasteiger partial charge is 0.494 e. The fourth-order valence-electron chi connectivity index (χ4n) is 5.12. The first-order chi connectivity index (χ1) is 19.2. The van der Waals surface area contributed by atoms with Gasteiger partial charge in [0, 0.05) is 34.5 Å². The number of tetrazole rings is 1. The number of thiophene rings is 1. The van der Waals surface area contributed by atoms with E-state index in [0.717, 1.165) is 46.7 Å². The van der Waals surface area contributed by atoms with Crippen molar-refractivity contribution < 1.29 is 13.9 Å². The van der Waals surface area contributed by atoms with Crippen LogP contribution >= 0.6 is 11.3 Å². The highest BCUT2D eigenvalue weighted by atomic mass is 32.1. The van der Waals surface area contributed by atoms with Crippen molar-refractivity contribution >= 4 is 22.2 Å². The summed E-state index contributed by atoms with van der Waals surface area (Å²) in [5.74, 6) is 2.11. The van der Waals surface area contributed by atoms with Gasteiger partial charge in [-0.2, -0.15) is 0 Å². The molecule has 0 spiro atoms. The number of nitrogens with one attached hydrogen (secondary N) is 1. The molecule has 1 saturated heterocycles. The van der Waals surface area contributed by atoms with Gasteiger partial charge in [-0.1, -0.05) is 6.07 Å². The fraction of sp³-hybridized carbons (Fsp3) is 0.357. The molecule has 39 heavy (non-hydrogen) atoms. The molecule has 10 nitrogen and oxygen atoms in total. The Labute approximate surface area is 229 Å². The lowest BCUT2D eigenvalue weighted by atomic mass is 10.0. The summed E-state index contributed by atoms with van der Waals surface area (Å²) < 4.78 is 19.2. The lowest BCUT2D eigenvalue weighted by molar-refractivity contribution is 0.0901.